The summed E-state index contributed by atoms with van der Waals surface area (Å²) in [6.07, 6.45) is 4.31. The van der Waals surface area contributed by atoms with Gasteiger partial charge < -0.3 is 5.11 Å². The predicted molar refractivity (Wildman–Crippen MR) is 104 cm³/mol. The second kappa shape index (κ2) is 7.34. The van der Waals surface area contributed by atoms with E-state index in [2.05, 4.69) is 52.4 Å². The van der Waals surface area contributed by atoms with Gasteiger partial charge in [-0.15, -0.1) is 0 Å². The largest absolute Gasteiger partial charge is 0.508 e. The van der Waals surface area contributed by atoms with E-state index in [1.165, 1.54) is 35.2 Å². The number of piperidine rings is 1. The fraction of sp³-hybridized carbons (Fsp3) is 0.318. The fourth-order valence-corrected chi connectivity index (χ4v) is 3.92. The first-order valence-electron chi connectivity index (χ1n) is 9.29. The van der Waals surface area contributed by atoms with Crippen LogP contribution in [0.3, 0.4) is 0 Å². The first kappa shape index (κ1) is 16.9. The van der Waals surface area contributed by atoms with E-state index in [0.717, 1.165) is 25.2 Å². The van der Waals surface area contributed by atoms with Crippen molar-refractivity contribution in [3.63, 3.8) is 0 Å². The summed E-state index contributed by atoms with van der Waals surface area (Å²) in [5.74, 6) is 0.797. The third-order valence-corrected chi connectivity index (χ3v) is 5.26. The van der Waals surface area contributed by atoms with E-state index < -0.39 is 0 Å². The van der Waals surface area contributed by atoms with E-state index in [4.69, 9.17) is 0 Å². The van der Waals surface area contributed by atoms with Crippen molar-refractivity contribution in [2.45, 2.75) is 32.2 Å². The molecule has 1 aliphatic heterocycles. The van der Waals surface area contributed by atoms with Crippen molar-refractivity contribution in [2.75, 3.05) is 13.1 Å². The molecule has 2 heterocycles. The van der Waals surface area contributed by atoms with Crippen molar-refractivity contribution >= 4 is 0 Å². The summed E-state index contributed by atoms with van der Waals surface area (Å²) in [7, 11) is 0. The maximum absolute atomic E-state index is 9.69. The molecule has 0 saturated carbocycles. The highest BCUT2D eigenvalue weighted by molar-refractivity contribution is 5.66. The molecule has 4 nitrogen and oxygen atoms in total. The molecule has 0 radical (unpaired) electrons. The third kappa shape index (κ3) is 3.65. The zero-order chi connectivity index (χ0) is 17.9. The Morgan fingerprint density at radius 3 is 2.85 bits per heavy atom. The van der Waals surface area contributed by atoms with Crippen LogP contribution in [0.1, 0.15) is 35.6 Å². The van der Waals surface area contributed by atoms with Gasteiger partial charge in [-0.05, 0) is 49.6 Å². The van der Waals surface area contributed by atoms with Gasteiger partial charge in [-0.1, -0.05) is 42.0 Å². The minimum Gasteiger partial charge on any atom is -0.508 e. The van der Waals surface area contributed by atoms with Gasteiger partial charge in [0.2, 0.25) is 0 Å². The van der Waals surface area contributed by atoms with Gasteiger partial charge in [-0.3, -0.25) is 10.00 Å². The SMILES string of the molecule is Cc1ccc(-c2cn[nH]c2[C@H]2CCCN(Cc3cccc(O)c3)C2)cc1. The number of H-pyrrole nitrogens is 1. The minimum atomic E-state index is 0.339. The molecule has 0 aliphatic carbocycles. The van der Waals surface area contributed by atoms with Crippen molar-refractivity contribution in [1.29, 1.82) is 0 Å². The molecule has 0 spiro atoms. The quantitative estimate of drug-likeness (QED) is 0.732. The molecule has 2 N–H and O–H groups in total. The van der Waals surface area contributed by atoms with E-state index in [1.807, 2.05) is 18.3 Å². The maximum atomic E-state index is 9.69. The third-order valence-electron chi connectivity index (χ3n) is 5.26. The van der Waals surface area contributed by atoms with Crippen LogP contribution in [0.2, 0.25) is 0 Å². The van der Waals surface area contributed by atoms with Crippen LogP contribution in [0, 0.1) is 6.92 Å². The van der Waals surface area contributed by atoms with Crippen LogP contribution in [0.25, 0.3) is 11.1 Å². The Labute approximate surface area is 154 Å². The Kier molecular flexibility index (Phi) is 4.76. The second-order valence-corrected chi connectivity index (χ2v) is 7.31. The van der Waals surface area contributed by atoms with Crippen molar-refractivity contribution in [1.82, 2.24) is 15.1 Å². The normalized spacial score (nSPS) is 18.1. The van der Waals surface area contributed by atoms with Gasteiger partial charge in [-0.2, -0.15) is 5.10 Å². The van der Waals surface area contributed by atoms with Crippen LogP contribution in [-0.4, -0.2) is 33.3 Å². The van der Waals surface area contributed by atoms with Gasteiger partial charge in [0, 0.05) is 30.3 Å². The molecule has 1 saturated heterocycles. The zero-order valence-electron chi connectivity index (χ0n) is 15.2. The van der Waals surface area contributed by atoms with E-state index in [-0.39, 0.29) is 0 Å². The van der Waals surface area contributed by atoms with Gasteiger partial charge in [0.1, 0.15) is 5.75 Å². The van der Waals surface area contributed by atoms with Crippen LogP contribution >= 0.6 is 0 Å². The Balaban J connectivity index is 1.52. The molecule has 2 aromatic carbocycles. The molecule has 1 atom stereocenters. The molecule has 0 unspecified atom stereocenters. The minimum absolute atomic E-state index is 0.339. The van der Waals surface area contributed by atoms with Gasteiger partial charge >= 0.3 is 0 Å². The van der Waals surface area contributed by atoms with E-state index in [1.54, 1.807) is 6.07 Å². The summed E-state index contributed by atoms with van der Waals surface area (Å²) in [5, 5.41) is 17.3. The lowest BCUT2D eigenvalue weighted by atomic mass is 9.90. The summed E-state index contributed by atoms with van der Waals surface area (Å²) in [6, 6.07) is 16.2. The number of nitrogens with zero attached hydrogens (tertiary/aromatic N) is 2. The molecule has 3 aromatic rings. The molecule has 4 heteroatoms. The van der Waals surface area contributed by atoms with E-state index in [0.29, 0.717) is 11.7 Å². The summed E-state index contributed by atoms with van der Waals surface area (Å²) in [4.78, 5) is 2.47. The average Bonchev–Trinajstić information content (AvgIpc) is 3.12. The molecule has 26 heavy (non-hydrogen) atoms. The fourth-order valence-electron chi connectivity index (χ4n) is 3.92. The molecule has 0 bridgehead atoms. The van der Waals surface area contributed by atoms with Gasteiger partial charge in [0.25, 0.3) is 0 Å². The summed E-state index contributed by atoms with van der Waals surface area (Å²) in [6.45, 7) is 5.09. The maximum Gasteiger partial charge on any atom is 0.115 e. The number of phenolic OH excluding ortho intramolecular Hbond substituents is 1. The van der Waals surface area contributed by atoms with Crippen LogP contribution < -0.4 is 0 Å². The number of aromatic hydroxyl groups is 1. The summed E-state index contributed by atoms with van der Waals surface area (Å²) in [5.41, 5.74) is 6.12. The molecular formula is C22H25N3O. The monoisotopic (exact) mass is 347 g/mol. The number of benzene rings is 2. The number of phenols is 1. The lowest BCUT2D eigenvalue weighted by Crippen LogP contribution is -2.34. The molecular weight excluding hydrogens is 322 g/mol. The molecule has 134 valence electrons. The number of likely N-dealkylation sites (tertiary alicyclic amines) is 1. The van der Waals surface area contributed by atoms with Gasteiger partial charge in [0.15, 0.2) is 0 Å². The van der Waals surface area contributed by atoms with Crippen molar-refractivity contribution in [3.05, 3.63) is 71.5 Å². The predicted octanol–water partition coefficient (Wildman–Crippen LogP) is 4.47. The Morgan fingerprint density at radius 1 is 1.19 bits per heavy atom. The number of aromatic amines is 1. The molecule has 1 fully saturated rings. The lowest BCUT2D eigenvalue weighted by molar-refractivity contribution is 0.198. The highest BCUT2D eigenvalue weighted by Gasteiger charge is 2.25. The van der Waals surface area contributed by atoms with Crippen LogP contribution in [-0.2, 0) is 6.54 Å². The van der Waals surface area contributed by atoms with E-state index >= 15 is 0 Å². The Bertz CT molecular complexity index is 869. The van der Waals surface area contributed by atoms with Crippen LogP contribution in [0.15, 0.2) is 54.7 Å². The Hall–Kier alpha value is -2.59. The first-order valence-corrected chi connectivity index (χ1v) is 9.29. The van der Waals surface area contributed by atoms with Gasteiger partial charge in [0.05, 0.1) is 6.20 Å². The molecule has 0 amide bonds. The standard InChI is InChI=1S/C22H25N3O/c1-16-7-9-18(10-8-16)21-13-23-24-22(21)19-5-3-11-25(15-19)14-17-4-2-6-20(26)12-17/h2,4,6-10,12-13,19,26H,3,5,11,14-15H2,1H3,(H,23,24)/t19-/m0/s1. The van der Waals surface area contributed by atoms with E-state index in [9.17, 15) is 5.11 Å². The number of hydrogen-bond donors (Lipinski definition) is 2. The van der Waals surface area contributed by atoms with Crippen molar-refractivity contribution < 1.29 is 5.11 Å². The highest BCUT2D eigenvalue weighted by atomic mass is 16.3. The smallest absolute Gasteiger partial charge is 0.115 e. The lowest BCUT2D eigenvalue weighted by Gasteiger charge is -2.32. The number of aromatic nitrogens is 2. The zero-order valence-corrected chi connectivity index (χ0v) is 15.2. The number of nitrogens with one attached hydrogen (secondary N) is 1. The highest BCUT2D eigenvalue weighted by Crippen LogP contribution is 2.33. The summed E-state index contributed by atoms with van der Waals surface area (Å²) < 4.78 is 0. The molecule has 1 aromatic heterocycles. The molecule has 1 aliphatic rings. The summed E-state index contributed by atoms with van der Waals surface area (Å²) >= 11 is 0. The first-order chi connectivity index (χ1) is 12.7. The average molecular weight is 347 g/mol. The van der Waals surface area contributed by atoms with Crippen molar-refractivity contribution in [2.24, 2.45) is 0 Å². The Morgan fingerprint density at radius 2 is 2.04 bits per heavy atom. The van der Waals surface area contributed by atoms with Crippen molar-refractivity contribution in [3.8, 4) is 16.9 Å². The topological polar surface area (TPSA) is 52.2 Å². The number of rotatable bonds is 4. The number of hydrogen-bond acceptors (Lipinski definition) is 3. The van der Waals surface area contributed by atoms with Crippen LogP contribution in [0.4, 0.5) is 0 Å². The van der Waals surface area contributed by atoms with Crippen LogP contribution in [0.5, 0.6) is 5.75 Å². The second-order valence-electron chi connectivity index (χ2n) is 7.31. The van der Waals surface area contributed by atoms with Gasteiger partial charge in [-0.25, -0.2) is 0 Å². The number of aryl methyl sites for hydroxylation is 1. The molecule has 4 rings (SSSR count).